The normalized spacial score (nSPS) is 18.6. The van der Waals surface area contributed by atoms with Crippen LogP contribution in [-0.2, 0) is 6.42 Å². The molecule has 3 rings (SSSR count). The Hall–Kier alpha value is -2.16. The number of rotatable bonds is 1. The fourth-order valence-electron chi connectivity index (χ4n) is 2.50. The molecule has 1 aliphatic heterocycles. The van der Waals surface area contributed by atoms with Gasteiger partial charge in [-0.25, -0.2) is 0 Å². The molecule has 2 aromatic rings. The first-order valence-electron chi connectivity index (χ1n) is 6.02. The predicted molar refractivity (Wildman–Crippen MR) is 69.2 cm³/mol. The van der Waals surface area contributed by atoms with Crippen molar-refractivity contribution in [2.45, 2.75) is 12.5 Å². The zero-order valence-corrected chi connectivity index (χ0v) is 10.2. The lowest BCUT2D eigenvalue weighted by Crippen LogP contribution is -2.37. The molecule has 0 radical (unpaired) electrons. The van der Waals surface area contributed by atoms with Crippen LogP contribution < -0.4 is 0 Å². The maximum Gasteiger partial charge on any atom is 0.254 e. The molecule has 0 saturated heterocycles. The van der Waals surface area contributed by atoms with E-state index in [1.807, 2.05) is 49.6 Å². The van der Waals surface area contributed by atoms with Crippen molar-refractivity contribution in [3.05, 3.63) is 65.5 Å². The van der Waals surface area contributed by atoms with Gasteiger partial charge in [-0.3, -0.25) is 9.78 Å². The molecule has 0 saturated carbocycles. The second-order valence-corrected chi connectivity index (χ2v) is 4.58. The molecule has 1 atom stereocenters. The standard InChI is InChI=1S/C15H14N2O/c1-17-14(12-6-4-8-16-10-12)9-11-5-2-3-7-13(11)15(17)18/h2-8,10,14H,9H2,1H3. The summed E-state index contributed by atoms with van der Waals surface area (Å²) in [6.07, 6.45) is 4.44. The summed E-state index contributed by atoms with van der Waals surface area (Å²) in [4.78, 5) is 18.2. The van der Waals surface area contributed by atoms with Gasteiger partial charge in [0, 0.05) is 25.0 Å². The third kappa shape index (κ3) is 1.68. The first-order chi connectivity index (χ1) is 8.77. The van der Waals surface area contributed by atoms with E-state index in [2.05, 4.69) is 4.98 Å². The highest BCUT2D eigenvalue weighted by molar-refractivity contribution is 5.96. The molecule has 90 valence electrons. The Morgan fingerprint density at radius 1 is 1.22 bits per heavy atom. The summed E-state index contributed by atoms with van der Waals surface area (Å²) < 4.78 is 0. The molecule has 1 amide bonds. The Kier molecular flexibility index (Phi) is 2.59. The summed E-state index contributed by atoms with van der Waals surface area (Å²) in [5.41, 5.74) is 3.03. The van der Waals surface area contributed by atoms with Crippen LogP contribution in [-0.4, -0.2) is 22.8 Å². The monoisotopic (exact) mass is 238 g/mol. The molecule has 1 aromatic carbocycles. The number of carbonyl (C=O) groups is 1. The zero-order valence-electron chi connectivity index (χ0n) is 10.2. The molecule has 3 heteroatoms. The third-order valence-corrected chi connectivity index (χ3v) is 3.52. The summed E-state index contributed by atoms with van der Waals surface area (Å²) in [6.45, 7) is 0. The van der Waals surface area contributed by atoms with Gasteiger partial charge >= 0.3 is 0 Å². The number of benzene rings is 1. The third-order valence-electron chi connectivity index (χ3n) is 3.52. The van der Waals surface area contributed by atoms with Gasteiger partial charge in [-0.2, -0.15) is 0 Å². The van der Waals surface area contributed by atoms with Gasteiger partial charge in [0.1, 0.15) is 0 Å². The number of nitrogens with zero attached hydrogens (tertiary/aromatic N) is 2. The summed E-state index contributed by atoms with van der Waals surface area (Å²) in [5, 5.41) is 0. The number of pyridine rings is 1. The lowest BCUT2D eigenvalue weighted by molar-refractivity contribution is 0.0705. The molecule has 0 bridgehead atoms. The number of hydrogen-bond donors (Lipinski definition) is 0. The fraction of sp³-hybridized carbons (Fsp3) is 0.200. The maximum absolute atomic E-state index is 12.3. The van der Waals surface area contributed by atoms with Crippen LogP contribution >= 0.6 is 0 Å². The largest absolute Gasteiger partial charge is 0.334 e. The van der Waals surface area contributed by atoms with Gasteiger partial charge in [-0.15, -0.1) is 0 Å². The minimum atomic E-state index is 0.0844. The first kappa shape index (κ1) is 11.0. The van der Waals surface area contributed by atoms with Crippen molar-refractivity contribution in [2.24, 2.45) is 0 Å². The number of aromatic nitrogens is 1. The van der Waals surface area contributed by atoms with Crippen LogP contribution in [0.4, 0.5) is 0 Å². The van der Waals surface area contributed by atoms with Gasteiger partial charge in [-0.05, 0) is 29.7 Å². The minimum absolute atomic E-state index is 0.0844. The van der Waals surface area contributed by atoms with Gasteiger partial charge in [-0.1, -0.05) is 24.3 Å². The lowest BCUT2D eigenvalue weighted by atomic mass is 9.90. The fourth-order valence-corrected chi connectivity index (χ4v) is 2.50. The molecule has 0 N–H and O–H groups in total. The number of fused-ring (bicyclic) bond motifs is 1. The van der Waals surface area contributed by atoms with Gasteiger partial charge < -0.3 is 4.90 Å². The van der Waals surface area contributed by atoms with Gasteiger partial charge in [0.15, 0.2) is 0 Å². The Labute approximate surface area is 106 Å². The number of hydrogen-bond acceptors (Lipinski definition) is 2. The first-order valence-corrected chi connectivity index (χ1v) is 6.02. The average Bonchev–Trinajstić information content (AvgIpc) is 2.44. The van der Waals surface area contributed by atoms with E-state index < -0.39 is 0 Å². The van der Waals surface area contributed by atoms with E-state index >= 15 is 0 Å². The van der Waals surface area contributed by atoms with Crippen LogP contribution in [0.3, 0.4) is 0 Å². The van der Waals surface area contributed by atoms with Crippen molar-refractivity contribution in [1.29, 1.82) is 0 Å². The average molecular weight is 238 g/mol. The lowest BCUT2D eigenvalue weighted by Gasteiger charge is -2.33. The highest BCUT2D eigenvalue weighted by Gasteiger charge is 2.30. The molecule has 1 aromatic heterocycles. The van der Waals surface area contributed by atoms with E-state index in [9.17, 15) is 4.79 Å². The van der Waals surface area contributed by atoms with E-state index in [0.29, 0.717) is 0 Å². The molecule has 3 nitrogen and oxygen atoms in total. The maximum atomic E-state index is 12.3. The zero-order chi connectivity index (χ0) is 12.5. The van der Waals surface area contributed by atoms with E-state index in [1.165, 1.54) is 0 Å². The quantitative estimate of drug-likeness (QED) is 0.764. The van der Waals surface area contributed by atoms with Gasteiger partial charge in [0.2, 0.25) is 0 Å². The van der Waals surface area contributed by atoms with Crippen LogP contribution in [0, 0.1) is 0 Å². The Bertz CT molecular complexity index is 580. The van der Waals surface area contributed by atoms with Crippen molar-refractivity contribution in [3.8, 4) is 0 Å². The molecular formula is C15H14N2O. The van der Waals surface area contributed by atoms with E-state index in [0.717, 1.165) is 23.1 Å². The van der Waals surface area contributed by atoms with E-state index in [1.54, 1.807) is 11.1 Å². The van der Waals surface area contributed by atoms with Gasteiger partial charge in [0.05, 0.1) is 6.04 Å². The molecule has 1 aliphatic rings. The Balaban J connectivity index is 2.04. The molecule has 0 fully saturated rings. The van der Waals surface area contributed by atoms with Gasteiger partial charge in [0.25, 0.3) is 5.91 Å². The molecular weight excluding hydrogens is 224 g/mol. The predicted octanol–water partition coefficient (Wildman–Crippen LogP) is 2.45. The number of amides is 1. The molecule has 0 aliphatic carbocycles. The minimum Gasteiger partial charge on any atom is -0.334 e. The SMILES string of the molecule is CN1C(=O)c2ccccc2CC1c1cccnc1. The second kappa shape index (κ2) is 4.26. The smallest absolute Gasteiger partial charge is 0.254 e. The van der Waals surface area contributed by atoms with Crippen LogP contribution in [0.2, 0.25) is 0 Å². The summed E-state index contributed by atoms with van der Waals surface area (Å²) in [6, 6.07) is 11.8. The van der Waals surface area contributed by atoms with Crippen molar-refractivity contribution < 1.29 is 4.79 Å². The molecule has 0 spiro atoms. The topological polar surface area (TPSA) is 33.2 Å². The van der Waals surface area contributed by atoms with Crippen LogP contribution in [0.5, 0.6) is 0 Å². The Morgan fingerprint density at radius 2 is 2.06 bits per heavy atom. The van der Waals surface area contributed by atoms with Crippen LogP contribution in [0.15, 0.2) is 48.8 Å². The highest BCUT2D eigenvalue weighted by Crippen LogP contribution is 2.31. The molecule has 2 heterocycles. The Morgan fingerprint density at radius 3 is 2.83 bits per heavy atom. The van der Waals surface area contributed by atoms with Crippen molar-refractivity contribution >= 4 is 5.91 Å². The summed E-state index contributed by atoms with van der Waals surface area (Å²) >= 11 is 0. The summed E-state index contributed by atoms with van der Waals surface area (Å²) in [5.74, 6) is 0.0886. The second-order valence-electron chi connectivity index (χ2n) is 4.58. The van der Waals surface area contributed by atoms with Crippen LogP contribution in [0.1, 0.15) is 27.5 Å². The molecule has 1 unspecified atom stereocenters. The van der Waals surface area contributed by atoms with Crippen molar-refractivity contribution in [3.63, 3.8) is 0 Å². The van der Waals surface area contributed by atoms with Crippen molar-refractivity contribution in [2.75, 3.05) is 7.05 Å². The summed E-state index contributed by atoms with van der Waals surface area (Å²) in [7, 11) is 1.86. The molecule has 18 heavy (non-hydrogen) atoms. The van der Waals surface area contributed by atoms with Crippen molar-refractivity contribution in [1.82, 2.24) is 9.88 Å². The van der Waals surface area contributed by atoms with Crippen LogP contribution in [0.25, 0.3) is 0 Å². The van der Waals surface area contributed by atoms with E-state index in [4.69, 9.17) is 0 Å². The highest BCUT2D eigenvalue weighted by atomic mass is 16.2. The number of carbonyl (C=O) groups excluding carboxylic acids is 1. The van der Waals surface area contributed by atoms with E-state index in [-0.39, 0.29) is 11.9 Å². The number of likely N-dealkylation sites (N-methyl/N-ethyl adjacent to an activating group) is 1.